The molecule has 0 saturated carbocycles. The molecule has 0 fully saturated rings. The Morgan fingerprint density at radius 2 is 1.91 bits per heavy atom. The molecule has 0 bridgehead atoms. The van der Waals surface area contributed by atoms with Gasteiger partial charge in [-0.3, -0.25) is 15.4 Å². The Labute approximate surface area is 185 Å². The average molecular weight is 448 g/mol. The van der Waals surface area contributed by atoms with Gasteiger partial charge in [0.2, 0.25) is 0 Å². The molecule has 1 aliphatic heterocycles. The molecule has 0 atom stereocenters. The van der Waals surface area contributed by atoms with Crippen molar-refractivity contribution < 1.29 is 8.96 Å². The molecule has 5 rings (SSSR count). The number of hydrazine groups is 2. The molecule has 162 valence electrons. The molecule has 0 radical (unpaired) electrons. The highest BCUT2D eigenvalue weighted by molar-refractivity contribution is 7.70. The van der Waals surface area contributed by atoms with Crippen molar-refractivity contribution in [2.45, 2.75) is 13.0 Å². The van der Waals surface area contributed by atoms with Gasteiger partial charge in [-0.05, 0) is 54.8 Å². The number of nitrogens with one attached hydrogen (secondary N) is 2. The molecule has 0 saturated heterocycles. The summed E-state index contributed by atoms with van der Waals surface area (Å²) in [5, 5.41) is 3.23. The first kappa shape index (κ1) is 20.5. The third-order valence-electron chi connectivity index (χ3n) is 5.35. The lowest BCUT2D eigenvalue weighted by atomic mass is 10.1. The minimum absolute atomic E-state index is 0.270. The molecule has 0 amide bonds. The van der Waals surface area contributed by atoms with E-state index < -0.39 is 13.0 Å². The summed E-state index contributed by atoms with van der Waals surface area (Å²) in [6, 6.07) is 14.9. The fourth-order valence-electron chi connectivity index (χ4n) is 3.78. The van der Waals surface area contributed by atoms with Gasteiger partial charge < -0.3 is 4.57 Å². The predicted octanol–water partition coefficient (Wildman–Crippen LogP) is 3.85. The van der Waals surface area contributed by atoms with Gasteiger partial charge in [0.25, 0.3) is 0 Å². The summed E-state index contributed by atoms with van der Waals surface area (Å²) in [7, 11) is -2.66. The Bertz CT molecular complexity index is 1370. The molecule has 0 unspecified atom stereocenters. The van der Waals surface area contributed by atoms with Crippen LogP contribution in [0.25, 0.3) is 10.9 Å². The Morgan fingerprint density at radius 1 is 1.06 bits per heavy atom. The largest absolute Gasteiger partial charge is 0.319 e. The third kappa shape index (κ3) is 4.07. The van der Waals surface area contributed by atoms with Crippen LogP contribution in [-0.2, 0) is 17.5 Å². The number of halogens is 1. The molecule has 2 N–H and O–H groups in total. The summed E-state index contributed by atoms with van der Waals surface area (Å²) in [4.78, 5) is 13.5. The summed E-state index contributed by atoms with van der Waals surface area (Å²) in [5.74, 6) is 0.869. The highest BCUT2D eigenvalue weighted by Gasteiger charge is 2.23. The summed E-state index contributed by atoms with van der Waals surface area (Å²) in [6.45, 7) is 3.71. The van der Waals surface area contributed by atoms with Gasteiger partial charge in [-0.2, -0.15) is 0 Å². The first-order valence-corrected chi connectivity index (χ1v) is 12.8. The number of pyridine rings is 1. The van der Waals surface area contributed by atoms with Gasteiger partial charge >= 0.3 is 0 Å². The van der Waals surface area contributed by atoms with Crippen molar-refractivity contribution in [3.8, 4) is 0 Å². The lowest BCUT2D eigenvalue weighted by Gasteiger charge is -2.17. The molecule has 7 nitrogen and oxygen atoms in total. The van der Waals surface area contributed by atoms with Crippen molar-refractivity contribution in [1.82, 2.24) is 20.5 Å². The maximum atomic E-state index is 14.4. The predicted molar refractivity (Wildman–Crippen MR) is 125 cm³/mol. The summed E-state index contributed by atoms with van der Waals surface area (Å²) < 4.78 is 26.7. The van der Waals surface area contributed by atoms with Crippen molar-refractivity contribution in [2.75, 3.05) is 23.8 Å². The molecule has 32 heavy (non-hydrogen) atoms. The SMILES string of the molecule is CP(C)(=O)c1ccc(Cc2cnc3c(n2)N(Cc2ccc4ncccc4c2)NN3)cc1F. The van der Waals surface area contributed by atoms with Crippen molar-refractivity contribution in [3.63, 3.8) is 0 Å². The van der Waals surface area contributed by atoms with Gasteiger partial charge in [0.05, 0.1) is 24.0 Å². The van der Waals surface area contributed by atoms with E-state index in [4.69, 9.17) is 4.98 Å². The maximum absolute atomic E-state index is 14.4. The van der Waals surface area contributed by atoms with Crippen LogP contribution in [0.15, 0.2) is 60.9 Å². The fraction of sp³-hybridized carbons (Fsp3) is 0.174. The van der Waals surface area contributed by atoms with Crippen LogP contribution in [-0.4, -0.2) is 28.3 Å². The first-order chi connectivity index (χ1) is 15.4. The number of aromatic nitrogens is 3. The number of hydrogen-bond acceptors (Lipinski definition) is 7. The Balaban J connectivity index is 1.37. The van der Waals surface area contributed by atoms with Gasteiger partial charge in [0, 0.05) is 23.3 Å². The van der Waals surface area contributed by atoms with Crippen LogP contribution in [0, 0.1) is 5.82 Å². The summed E-state index contributed by atoms with van der Waals surface area (Å²) in [6.07, 6.45) is 3.88. The molecule has 3 heterocycles. The normalized spacial score (nSPS) is 13.3. The van der Waals surface area contributed by atoms with Crippen molar-refractivity contribution in [3.05, 3.63) is 83.6 Å². The van der Waals surface area contributed by atoms with Gasteiger partial charge in [-0.1, -0.05) is 18.2 Å². The average Bonchev–Trinajstić information content (AvgIpc) is 3.15. The quantitative estimate of drug-likeness (QED) is 0.449. The lowest BCUT2D eigenvalue weighted by molar-refractivity contribution is 0.584. The van der Waals surface area contributed by atoms with E-state index in [0.29, 0.717) is 30.3 Å². The lowest BCUT2D eigenvalue weighted by Crippen LogP contribution is -2.35. The minimum Gasteiger partial charge on any atom is -0.319 e. The number of fused-ring (bicyclic) bond motifs is 2. The van der Waals surface area contributed by atoms with E-state index in [2.05, 4.69) is 27.0 Å². The molecule has 9 heteroatoms. The van der Waals surface area contributed by atoms with Gasteiger partial charge in [0.15, 0.2) is 11.6 Å². The van der Waals surface area contributed by atoms with Crippen LogP contribution in [0.4, 0.5) is 16.0 Å². The van der Waals surface area contributed by atoms with Gasteiger partial charge in [-0.15, -0.1) is 5.53 Å². The van der Waals surface area contributed by atoms with E-state index in [1.165, 1.54) is 6.07 Å². The maximum Gasteiger partial charge on any atom is 0.189 e. The number of hydrogen-bond donors (Lipinski definition) is 2. The molecule has 1 aliphatic rings. The van der Waals surface area contributed by atoms with Gasteiger partial charge in [-0.25, -0.2) is 14.4 Å². The Morgan fingerprint density at radius 3 is 2.72 bits per heavy atom. The van der Waals surface area contributed by atoms with E-state index in [-0.39, 0.29) is 5.30 Å². The van der Waals surface area contributed by atoms with Crippen molar-refractivity contribution in [1.29, 1.82) is 0 Å². The molecule has 4 aromatic rings. The van der Waals surface area contributed by atoms with Crippen LogP contribution in [0.2, 0.25) is 0 Å². The molecule has 2 aromatic carbocycles. The zero-order valence-electron chi connectivity index (χ0n) is 17.7. The Hall–Kier alpha value is -3.35. The highest BCUT2D eigenvalue weighted by Crippen LogP contribution is 2.36. The smallest absolute Gasteiger partial charge is 0.189 e. The van der Waals surface area contributed by atoms with E-state index in [1.54, 1.807) is 37.9 Å². The second kappa shape index (κ2) is 7.97. The van der Waals surface area contributed by atoms with E-state index in [0.717, 1.165) is 22.0 Å². The molecule has 0 spiro atoms. The van der Waals surface area contributed by atoms with Crippen LogP contribution >= 0.6 is 7.14 Å². The third-order valence-corrected chi connectivity index (χ3v) is 6.88. The summed E-state index contributed by atoms with van der Waals surface area (Å²) >= 11 is 0. The van der Waals surface area contributed by atoms with Crippen molar-refractivity contribution >= 4 is 35.0 Å². The van der Waals surface area contributed by atoms with Crippen LogP contribution in [0.5, 0.6) is 0 Å². The zero-order valence-corrected chi connectivity index (χ0v) is 18.6. The topological polar surface area (TPSA) is 83.0 Å². The zero-order chi connectivity index (χ0) is 22.3. The van der Waals surface area contributed by atoms with Crippen LogP contribution in [0.3, 0.4) is 0 Å². The molecule has 0 aliphatic carbocycles. The van der Waals surface area contributed by atoms with E-state index in [9.17, 15) is 8.96 Å². The fourth-order valence-corrected chi connectivity index (χ4v) is 4.79. The number of nitrogens with zero attached hydrogens (tertiary/aromatic N) is 4. The van der Waals surface area contributed by atoms with Crippen molar-refractivity contribution in [2.24, 2.45) is 0 Å². The number of rotatable bonds is 5. The molecular weight excluding hydrogens is 426 g/mol. The molecular formula is C23H22FN6OP. The van der Waals surface area contributed by atoms with Gasteiger partial charge in [0.1, 0.15) is 13.0 Å². The molecule has 2 aromatic heterocycles. The first-order valence-electron chi connectivity index (χ1n) is 10.2. The minimum atomic E-state index is -2.66. The Kier molecular flexibility index (Phi) is 5.12. The second-order valence-electron chi connectivity index (χ2n) is 8.20. The monoisotopic (exact) mass is 448 g/mol. The standard InChI is InChI=1S/C23H22FN6OP/c1-32(2,31)21-8-6-15(12-19(21)24)11-18-13-26-22-23(27-18)30(29-28-22)14-16-5-7-20-17(10-16)4-3-9-25-20/h3-10,12-13,29H,11,14H2,1-2H3,(H,26,28). The van der Waals surface area contributed by atoms with E-state index in [1.807, 2.05) is 29.3 Å². The number of benzene rings is 2. The van der Waals surface area contributed by atoms with E-state index >= 15 is 0 Å². The summed E-state index contributed by atoms with van der Waals surface area (Å²) in [5.41, 5.74) is 9.64. The van der Waals surface area contributed by atoms with Crippen LogP contribution in [0.1, 0.15) is 16.8 Å². The number of anilines is 2. The highest BCUT2D eigenvalue weighted by atomic mass is 31.2. The second-order valence-corrected chi connectivity index (χ2v) is 11.4. The van der Waals surface area contributed by atoms with Crippen LogP contribution < -0.4 is 21.3 Å².